The smallest absolute Gasteiger partial charge is 0.403 e. The van der Waals surface area contributed by atoms with Crippen molar-refractivity contribution in [1.29, 1.82) is 0 Å². The van der Waals surface area contributed by atoms with Gasteiger partial charge >= 0.3 is 7.12 Å². The fourth-order valence-corrected chi connectivity index (χ4v) is 7.03. The first-order valence-corrected chi connectivity index (χ1v) is 19.7. The van der Waals surface area contributed by atoms with Crippen LogP contribution in [0.25, 0.3) is 0 Å². The molecule has 7 N–H and O–H groups in total. The molecule has 2 aromatic carbocycles. The SMILES string of the molecule is CC(C)C[C@@H](NC(=O)[C@@H](Cc1ccccc1)NC(=O)[C@H](N)Cc1ccccc1)C(=O)N[C@H](CCCCN)C(=O)N1CCCC(B2OC(C)(C)C(C)(C)O2)C1. The molecule has 54 heavy (non-hydrogen) atoms. The van der Waals surface area contributed by atoms with Gasteiger partial charge in [-0.3, -0.25) is 19.2 Å². The first-order chi connectivity index (χ1) is 25.6. The number of nitrogens with zero attached hydrogens (tertiary/aromatic N) is 1. The van der Waals surface area contributed by atoms with Crippen LogP contribution in [0.4, 0.5) is 0 Å². The number of amides is 4. The summed E-state index contributed by atoms with van der Waals surface area (Å²) in [5, 5.41) is 8.80. The minimum Gasteiger partial charge on any atom is -0.403 e. The monoisotopic (exact) mass is 746 g/mol. The summed E-state index contributed by atoms with van der Waals surface area (Å²) >= 11 is 0. The molecule has 4 amide bonds. The summed E-state index contributed by atoms with van der Waals surface area (Å²) in [6.07, 6.45) is 4.25. The van der Waals surface area contributed by atoms with Crippen LogP contribution in [0.5, 0.6) is 0 Å². The molecule has 2 heterocycles. The molecule has 2 aliphatic rings. The Kier molecular flexibility index (Phi) is 15.7. The van der Waals surface area contributed by atoms with Crippen LogP contribution in [-0.4, -0.2) is 90.7 Å². The fraction of sp³-hybridized carbons (Fsp3) is 0.610. The Morgan fingerprint density at radius 2 is 1.33 bits per heavy atom. The van der Waals surface area contributed by atoms with E-state index in [9.17, 15) is 19.2 Å². The molecule has 0 saturated carbocycles. The van der Waals surface area contributed by atoms with E-state index in [0.717, 1.165) is 24.0 Å². The number of nitrogens with one attached hydrogen (secondary N) is 3. The maximum atomic E-state index is 14.2. The molecule has 0 aromatic heterocycles. The maximum Gasteiger partial charge on any atom is 0.462 e. The Bertz CT molecular complexity index is 1510. The summed E-state index contributed by atoms with van der Waals surface area (Å²) in [4.78, 5) is 57.5. The zero-order chi connectivity index (χ0) is 39.5. The molecule has 13 heteroatoms. The summed E-state index contributed by atoms with van der Waals surface area (Å²) in [6.45, 7) is 13.5. The van der Waals surface area contributed by atoms with Crippen molar-refractivity contribution in [1.82, 2.24) is 20.9 Å². The van der Waals surface area contributed by atoms with E-state index in [1.165, 1.54) is 0 Å². The predicted octanol–water partition coefficient (Wildman–Crippen LogP) is 3.51. The zero-order valence-electron chi connectivity index (χ0n) is 33.1. The van der Waals surface area contributed by atoms with Gasteiger partial charge in [0.05, 0.1) is 17.2 Å². The first-order valence-electron chi connectivity index (χ1n) is 19.7. The van der Waals surface area contributed by atoms with E-state index in [4.69, 9.17) is 20.8 Å². The molecule has 12 nitrogen and oxygen atoms in total. The number of likely N-dealkylation sites (tertiary alicyclic amines) is 1. The van der Waals surface area contributed by atoms with Crippen molar-refractivity contribution in [2.75, 3.05) is 19.6 Å². The van der Waals surface area contributed by atoms with Gasteiger partial charge in [-0.2, -0.15) is 0 Å². The minimum absolute atomic E-state index is 0.00492. The van der Waals surface area contributed by atoms with Crippen molar-refractivity contribution < 1.29 is 28.5 Å². The second-order valence-electron chi connectivity index (χ2n) is 16.4. The van der Waals surface area contributed by atoms with Crippen LogP contribution in [0, 0.1) is 5.92 Å². The highest BCUT2D eigenvalue weighted by atomic mass is 16.7. The molecule has 4 rings (SSSR count). The summed E-state index contributed by atoms with van der Waals surface area (Å²) < 4.78 is 12.7. The van der Waals surface area contributed by atoms with Gasteiger partial charge in [0, 0.05) is 25.3 Å². The Hall–Kier alpha value is -3.78. The Labute approximate surface area is 322 Å². The number of nitrogens with two attached hydrogens (primary N) is 2. The van der Waals surface area contributed by atoms with E-state index in [2.05, 4.69) is 16.0 Å². The van der Waals surface area contributed by atoms with Crippen LogP contribution in [0.2, 0.25) is 5.82 Å². The van der Waals surface area contributed by atoms with Gasteiger partial charge in [0.2, 0.25) is 23.6 Å². The van der Waals surface area contributed by atoms with Gasteiger partial charge in [0.1, 0.15) is 18.1 Å². The average molecular weight is 747 g/mol. The van der Waals surface area contributed by atoms with Gasteiger partial charge in [-0.1, -0.05) is 74.5 Å². The lowest BCUT2D eigenvalue weighted by molar-refractivity contribution is -0.138. The lowest BCUT2D eigenvalue weighted by Crippen LogP contribution is -2.59. The number of carbonyl (C=O) groups excluding carboxylic acids is 4. The highest BCUT2D eigenvalue weighted by Gasteiger charge is 2.54. The highest BCUT2D eigenvalue weighted by Crippen LogP contribution is 2.42. The second kappa shape index (κ2) is 19.7. The Morgan fingerprint density at radius 1 is 0.796 bits per heavy atom. The summed E-state index contributed by atoms with van der Waals surface area (Å²) in [5.41, 5.74) is 12.9. The Morgan fingerprint density at radius 3 is 1.91 bits per heavy atom. The minimum atomic E-state index is -0.994. The second-order valence-corrected chi connectivity index (χ2v) is 16.4. The molecule has 2 saturated heterocycles. The first kappa shape index (κ1) is 43.0. The number of benzene rings is 2. The summed E-state index contributed by atoms with van der Waals surface area (Å²) in [5.74, 6) is -1.56. The molecule has 2 fully saturated rings. The van der Waals surface area contributed by atoms with Gasteiger partial charge in [-0.25, -0.2) is 0 Å². The molecule has 0 spiro atoms. The highest BCUT2D eigenvalue weighted by molar-refractivity contribution is 6.47. The van der Waals surface area contributed by atoms with Crippen LogP contribution >= 0.6 is 0 Å². The van der Waals surface area contributed by atoms with Crippen molar-refractivity contribution in [2.45, 2.75) is 134 Å². The van der Waals surface area contributed by atoms with Gasteiger partial charge in [0.15, 0.2) is 0 Å². The van der Waals surface area contributed by atoms with Crippen LogP contribution in [0.1, 0.15) is 91.2 Å². The van der Waals surface area contributed by atoms with Crippen LogP contribution < -0.4 is 27.4 Å². The van der Waals surface area contributed by atoms with Crippen molar-refractivity contribution >= 4 is 30.7 Å². The summed E-state index contributed by atoms with van der Waals surface area (Å²) in [6, 6.07) is 15.2. The topological polar surface area (TPSA) is 178 Å². The molecule has 2 aromatic rings. The van der Waals surface area contributed by atoms with E-state index in [-0.39, 0.29) is 24.1 Å². The van der Waals surface area contributed by atoms with E-state index < -0.39 is 60.2 Å². The molecule has 5 atom stereocenters. The van der Waals surface area contributed by atoms with Gasteiger partial charge < -0.3 is 41.6 Å². The Balaban J connectivity index is 1.48. The molecule has 0 aliphatic carbocycles. The number of hydrogen-bond acceptors (Lipinski definition) is 8. The maximum absolute atomic E-state index is 14.2. The van der Waals surface area contributed by atoms with Crippen LogP contribution in [-0.2, 0) is 41.3 Å². The van der Waals surface area contributed by atoms with Gasteiger partial charge in [-0.05, 0) is 96.2 Å². The van der Waals surface area contributed by atoms with E-state index in [0.29, 0.717) is 51.7 Å². The number of hydrogen-bond donors (Lipinski definition) is 5. The fourth-order valence-electron chi connectivity index (χ4n) is 7.03. The molecular formula is C41H63BN6O6. The summed E-state index contributed by atoms with van der Waals surface area (Å²) in [7, 11) is -0.432. The average Bonchev–Trinajstić information content (AvgIpc) is 3.36. The lowest BCUT2D eigenvalue weighted by Gasteiger charge is -2.36. The number of piperidine rings is 1. The van der Waals surface area contributed by atoms with Crippen molar-refractivity contribution in [3.05, 3.63) is 71.8 Å². The third kappa shape index (κ3) is 12.1. The molecule has 2 aliphatic heterocycles. The number of unbranched alkanes of at least 4 members (excludes halogenated alkanes) is 1. The number of rotatable bonds is 18. The lowest BCUT2D eigenvalue weighted by atomic mass is 9.67. The number of carbonyl (C=O) groups is 4. The molecular weight excluding hydrogens is 683 g/mol. The molecule has 296 valence electrons. The van der Waals surface area contributed by atoms with E-state index in [1.807, 2.05) is 107 Å². The standard InChI is InChI=1S/C41H63BN6O6/c1-28(2)24-34(47-38(51)35(26-30-18-11-8-12-19-30)46-36(49)32(44)25-29-16-9-7-10-17-29)37(50)45-33(21-13-14-22-43)39(52)48-23-15-20-31(27-48)42-53-40(3,4)41(5,6)54-42/h7-12,16-19,28,31-35H,13-15,20-27,43-44H2,1-6H3,(H,45,50)(H,46,49)(H,47,51)/t31?,32-,33-,34-,35-/m1/s1. The van der Waals surface area contributed by atoms with E-state index >= 15 is 0 Å². The van der Waals surface area contributed by atoms with E-state index in [1.54, 1.807) is 0 Å². The largest absolute Gasteiger partial charge is 0.462 e. The molecule has 0 radical (unpaired) electrons. The molecule has 0 bridgehead atoms. The van der Waals surface area contributed by atoms with Gasteiger partial charge in [0.25, 0.3) is 0 Å². The third-order valence-electron chi connectivity index (χ3n) is 10.9. The third-order valence-corrected chi connectivity index (χ3v) is 10.9. The van der Waals surface area contributed by atoms with Crippen LogP contribution in [0.15, 0.2) is 60.7 Å². The van der Waals surface area contributed by atoms with Crippen molar-refractivity contribution in [2.24, 2.45) is 17.4 Å². The van der Waals surface area contributed by atoms with Crippen molar-refractivity contribution in [3.63, 3.8) is 0 Å². The zero-order valence-corrected chi connectivity index (χ0v) is 33.1. The quantitative estimate of drug-likeness (QED) is 0.114. The molecule has 1 unspecified atom stereocenters. The normalized spacial score (nSPS) is 20.1. The van der Waals surface area contributed by atoms with Crippen molar-refractivity contribution in [3.8, 4) is 0 Å². The van der Waals surface area contributed by atoms with Gasteiger partial charge in [-0.15, -0.1) is 0 Å². The predicted molar refractivity (Wildman–Crippen MR) is 212 cm³/mol. The van der Waals surface area contributed by atoms with Crippen LogP contribution in [0.3, 0.4) is 0 Å².